The Balaban J connectivity index is 2.86. The van der Waals surface area contributed by atoms with Crippen molar-refractivity contribution in [3.05, 3.63) is 28.8 Å². The Bertz CT molecular complexity index is 560. The van der Waals surface area contributed by atoms with E-state index in [-0.39, 0.29) is 16.0 Å². The summed E-state index contributed by atoms with van der Waals surface area (Å²) in [7, 11) is 0. The van der Waals surface area contributed by atoms with Crippen molar-refractivity contribution >= 4 is 33.5 Å². The van der Waals surface area contributed by atoms with Crippen LogP contribution < -0.4 is 0 Å². The van der Waals surface area contributed by atoms with Crippen LogP contribution in [0.25, 0.3) is 10.2 Å². The predicted molar refractivity (Wildman–Crippen MR) is 53.5 cm³/mol. The number of carboxylic acids is 2. The second kappa shape index (κ2) is 3.32. The molecule has 0 aliphatic heterocycles. The van der Waals surface area contributed by atoms with Gasteiger partial charge in [-0.1, -0.05) is 0 Å². The van der Waals surface area contributed by atoms with Crippen molar-refractivity contribution in [2.75, 3.05) is 0 Å². The molecular formula is C9H5NO4S. The van der Waals surface area contributed by atoms with E-state index < -0.39 is 11.9 Å². The fraction of sp³-hybridized carbons (Fsp3) is 0. The minimum Gasteiger partial charge on any atom is -0.478 e. The number of carboxylic acid groups (broad SMARTS) is 2. The molecule has 0 fully saturated rings. The van der Waals surface area contributed by atoms with Crippen LogP contribution in [0.5, 0.6) is 0 Å². The minimum absolute atomic E-state index is 0.184. The summed E-state index contributed by atoms with van der Waals surface area (Å²) in [6, 6.07) is 3.28. The molecule has 5 nitrogen and oxygen atoms in total. The van der Waals surface area contributed by atoms with Crippen molar-refractivity contribution in [2.45, 2.75) is 0 Å². The van der Waals surface area contributed by atoms with E-state index in [2.05, 4.69) is 4.98 Å². The van der Waals surface area contributed by atoms with Crippen LogP contribution in [0.2, 0.25) is 0 Å². The number of carbonyl (C=O) groups is 2. The van der Waals surface area contributed by atoms with Gasteiger partial charge in [0.15, 0.2) is 0 Å². The van der Waals surface area contributed by atoms with Gasteiger partial charge in [-0.15, -0.1) is 11.3 Å². The first-order valence-corrected chi connectivity index (χ1v) is 4.77. The van der Waals surface area contributed by atoms with E-state index in [1.165, 1.54) is 6.20 Å². The van der Waals surface area contributed by atoms with Crippen LogP contribution in [0.1, 0.15) is 20.0 Å². The van der Waals surface area contributed by atoms with Crippen molar-refractivity contribution in [1.29, 1.82) is 0 Å². The van der Waals surface area contributed by atoms with Gasteiger partial charge < -0.3 is 10.2 Å². The summed E-state index contributed by atoms with van der Waals surface area (Å²) in [4.78, 5) is 25.4. The van der Waals surface area contributed by atoms with E-state index in [9.17, 15) is 9.59 Å². The van der Waals surface area contributed by atoms with Gasteiger partial charge in [0.2, 0.25) is 0 Å². The van der Waals surface area contributed by atoms with E-state index in [0.29, 0.717) is 4.70 Å². The number of hydrogen-bond donors (Lipinski definition) is 2. The van der Waals surface area contributed by atoms with Gasteiger partial charge in [0.25, 0.3) is 0 Å². The van der Waals surface area contributed by atoms with Crippen molar-refractivity contribution in [2.24, 2.45) is 0 Å². The molecule has 0 unspecified atom stereocenters. The van der Waals surface area contributed by atoms with Gasteiger partial charge in [0.05, 0.1) is 10.2 Å². The van der Waals surface area contributed by atoms with Gasteiger partial charge in [-0.3, -0.25) is 4.98 Å². The fourth-order valence-electron chi connectivity index (χ4n) is 1.28. The third-order valence-corrected chi connectivity index (χ3v) is 2.99. The molecule has 2 N–H and O–H groups in total. The molecule has 0 bridgehead atoms. The molecule has 2 heterocycles. The highest BCUT2D eigenvalue weighted by Crippen LogP contribution is 2.29. The van der Waals surface area contributed by atoms with E-state index >= 15 is 0 Å². The molecule has 0 aromatic carbocycles. The highest BCUT2D eigenvalue weighted by molar-refractivity contribution is 7.21. The number of fused-ring (bicyclic) bond motifs is 1. The topological polar surface area (TPSA) is 87.5 Å². The van der Waals surface area contributed by atoms with Crippen LogP contribution in [0.4, 0.5) is 0 Å². The number of nitrogens with zero attached hydrogens (tertiary/aromatic N) is 1. The molecule has 2 aromatic heterocycles. The Morgan fingerprint density at radius 3 is 2.60 bits per heavy atom. The van der Waals surface area contributed by atoms with Gasteiger partial charge in [-0.05, 0) is 12.1 Å². The molecule has 2 rings (SSSR count). The highest BCUT2D eigenvalue weighted by Gasteiger charge is 2.23. The third kappa shape index (κ3) is 1.44. The second-order valence-electron chi connectivity index (χ2n) is 2.77. The Morgan fingerprint density at radius 1 is 1.27 bits per heavy atom. The monoisotopic (exact) mass is 223 g/mol. The smallest absolute Gasteiger partial charge is 0.346 e. The quantitative estimate of drug-likeness (QED) is 0.808. The maximum absolute atomic E-state index is 10.9. The van der Waals surface area contributed by atoms with Gasteiger partial charge in [0, 0.05) is 6.20 Å². The average Bonchev–Trinajstić information content (AvgIpc) is 2.56. The Hall–Kier alpha value is -1.95. The first kappa shape index (κ1) is 9.60. The number of hydrogen-bond acceptors (Lipinski definition) is 4. The van der Waals surface area contributed by atoms with Gasteiger partial charge in [-0.25, -0.2) is 9.59 Å². The summed E-state index contributed by atoms with van der Waals surface area (Å²) in [5.41, 5.74) is -0.00417. The standard InChI is InChI=1S/C9H5NO4S/c11-8(12)5-6-4(2-1-3-10-6)15-7(5)9(13)14/h1-3H,(H,11,12)(H,13,14). The van der Waals surface area contributed by atoms with Crippen molar-refractivity contribution in [3.8, 4) is 0 Å². The number of aromatic carboxylic acids is 2. The largest absolute Gasteiger partial charge is 0.478 e. The Kier molecular flexibility index (Phi) is 2.12. The van der Waals surface area contributed by atoms with E-state index in [1.54, 1.807) is 12.1 Å². The minimum atomic E-state index is -1.27. The molecule has 0 spiro atoms. The molecule has 0 aliphatic rings. The number of thiophene rings is 1. The average molecular weight is 223 g/mol. The Labute approximate surface area is 87.6 Å². The molecule has 0 saturated heterocycles. The lowest BCUT2D eigenvalue weighted by molar-refractivity contribution is 0.0657. The van der Waals surface area contributed by atoms with E-state index in [0.717, 1.165) is 11.3 Å². The summed E-state index contributed by atoms with van der Waals surface area (Å²) in [5, 5.41) is 17.7. The van der Waals surface area contributed by atoms with Crippen LogP contribution in [-0.2, 0) is 0 Å². The summed E-state index contributed by atoms with van der Waals surface area (Å²) >= 11 is 0.917. The molecule has 0 amide bonds. The first-order valence-electron chi connectivity index (χ1n) is 3.95. The highest BCUT2D eigenvalue weighted by atomic mass is 32.1. The lowest BCUT2D eigenvalue weighted by Crippen LogP contribution is -2.04. The fourth-order valence-corrected chi connectivity index (χ4v) is 2.27. The van der Waals surface area contributed by atoms with Crippen LogP contribution in [0, 0.1) is 0 Å². The zero-order chi connectivity index (χ0) is 11.0. The third-order valence-electron chi connectivity index (χ3n) is 1.85. The van der Waals surface area contributed by atoms with E-state index in [1.807, 2.05) is 0 Å². The second-order valence-corrected chi connectivity index (χ2v) is 3.82. The van der Waals surface area contributed by atoms with Crippen molar-refractivity contribution < 1.29 is 19.8 Å². The van der Waals surface area contributed by atoms with Crippen LogP contribution in [0.3, 0.4) is 0 Å². The molecule has 6 heteroatoms. The number of pyridine rings is 1. The van der Waals surface area contributed by atoms with Crippen molar-refractivity contribution in [1.82, 2.24) is 4.98 Å². The molecule has 0 aliphatic carbocycles. The first-order chi connectivity index (χ1) is 7.11. The Morgan fingerprint density at radius 2 is 2.00 bits per heavy atom. The maximum atomic E-state index is 10.9. The molecule has 2 aromatic rings. The number of rotatable bonds is 2. The van der Waals surface area contributed by atoms with Crippen LogP contribution in [0.15, 0.2) is 18.3 Å². The van der Waals surface area contributed by atoms with E-state index in [4.69, 9.17) is 10.2 Å². The lowest BCUT2D eigenvalue weighted by atomic mass is 10.2. The normalized spacial score (nSPS) is 10.4. The zero-order valence-electron chi connectivity index (χ0n) is 7.30. The predicted octanol–water partition coefficient (Wildman–Crippen LogP) is 1.69. The molecule has 0 saturated carbocycles. The van der Waals surface area contributed by atoms with Gasteiger partial charge in [0.1, 0.15) is 10.4 Å². The SMILES string of the molecule is O=C(O)c1sc2cccnc2c1C(=O)O. The van der Waals surface area contributed by atoms with Crippen LogP contribution >= 0.6 is 11.3 Å². The molecular weight excluding hydrogens is 218 g/mol. The molecule has 0 atom stereocenters. The van der Waals surface area contributed by atoms with Gasteiger partial charge in [-0.2, -0.15) is 0 Å². The molecule has 15 heavy (non-hydrogen) atoms. The summed E-state index contributed by atoms with van der Waals surface area (Å²) in [6.45, 7) is 0. The zero-order valence-corrected chi connectivity index (χ0v) is 8.11. The number of aromatic nitrogens is 1. The summed E-state index contributed by atoms with van der Waals surface area (Å²) < 4.78 is 0.562. The molecule has 0 radical (unpaired) electrons. The van der Waals surface area contributed by atoms with Gasteiger partial charge >= 0.3 is 11.9 Å². The summed E-state index contributed by atoms with van der Waals surface area (Å²) in [5.74, 6) is -2.51. The maximum Gasteiger partial charge on any atom is 0.346 e. The molecule has 76 valence electrons. The van der Waals surface area contributed by atoms with Crippen LogP contribution in [-0.4, -0.2) is 27.1 Å². The lowest BCUT2D eigenvalue weighted by Gasteiger charge is -1.92. The summed E-state index contributed by atoms with van der Waals surface area (Å²) in [6.07, 6.45) is 1.44. The van der Waals surface area contributed by atoms with Crippen molar-refractivity contribution in [3.63, 3.8) is 0 Å².